The molecule has 0 N–H and O–H groups in total. The van der Waals surface area contributed by atoms with Crippen LogP contribution in [0.5, 0.6) is 0 Å². The highest BCUT2D eigenvalue weighted by molar-refractivity contribution is 4.85. The molecule has 0 bridgehead atoms. The lowest BCUT2D eigenvalue weighted by atomic mass is 9.69. The Kier molecular flexibility index (Phi) is 3.69. The van der Waals surface area contributed by atoms with Crippen molar-refractivity contribution in [3.8, 4) is 0 Å². The molecule has 15 heavy (non-hydrogen) atoms. The van der Waals surface area contributed by atoms with Crippen molar-refractivity contribution in [1.82, 2.24) is 0 Å². The summed E-state index contributed by atoms with van der Waals surface area (Å²) in [7, 11) is 0. The first-order valence-corrected chi connectivity index (χ1v) is 6.81. The van der Waals surface area contributed by atoms with Gasteiger partial charge in [-0.2, -0.15) is 0 Å². The van der Waals surface area contributed by atoms with Gasteiger partial charge in [0.2, 0.25) is 0 Å². The number of hydrogen-bond acceptors (Lipinski definition) is 0. The Balaban J connectivity index is 1.87. The molecule has 0 saturated heterocycles. The fraction of sp³-hybridized carbons (Fsp3) is 1.00. The highest BCUT2D eigenvalue weighted by atomic mass is 19.1. The topological polar surface area (TPSA) is 0 Å². The van der Waals surface area contributed by atoms with Gasteiger partial charge in [0, 0.05) is 0 Å². The maximum absolute atomic E-state index is 14.0. The van der Waals surface area contributed by atoms with Crippen LogP contribution in [0, 0.1) is 23.7 Å². The van der Waals surface area contributed by atoms with Crippen LogP contribution in [0.3, 0.4) is 0 Å². The van der Waals surface area contributed by atoms with E-state index in [1.807, 2.05) is 0 Å². The molecule has 2 fully saturated rings. The summed E-state index contributed by atoms with van der Waals surface area (Å²) in [5.41, 5.74) is 0. The summed E-state index contributed by atoms with van der Waals surface area (Å²) < 4.78 is 14.0. The molecule has 2 saturated carbocycles. The zero-order chi connectivity index (χ0) is 10.8. The van der Waals surface area contributed by atoms with Crippen molar-refractivity contribution in [3.05, 3.63) is 0 Å². The van der Waals surface area contributed by atoms with Gasteiger partial charge in [-0.1, -0.05) is 33.1 Å². The van der Waals surface area contributed by atoms with E-state index >= 15 is 0 Å². The van der Waals surface area contributed by atoms with Crippen LogP contribution in [-0.2, 0) is 0 Å². The van der Waals surface area contributed by atoms with Gasteiger partial charge >= 0.3 is 0 Å². The minimum atomic E-state index is -0.493. The fourth-order valence-electron chi connectivity index (χ4n) is 3.58. The molecule has 0 aromatic rings. The quantitative estimate of drug-likeness (QED) is 0.596. The summed E-state index contributed by atoms with van der Waals surface area (Å²) in [5.74, 6) is 2.64. The van der Waals surface area contributed by atoms with Crippen molar-refractivity contribution in [1.29, 1.82) is 0 Å². The van der Waals surface area contributed by atoms with Crippen LogP contribution in [0.15, 0.2) is 0 Å². The molecular formula is C14H25F. The third-order valence-corrected chi connectivity index (χ3v) is 4.75. The molecule has 0 amide bonds. The van der Waals surface area contributed by atoms with Gasteiger partial charge in [0.25, 0.3) is 0 Å². The molecule has 0 aromatic heterocycles. The summed E-state index contributed by atoms with van der Waals surface area (Å²) >= 11 is 0. The smallest absolute Gasteiger partial charge is 0.103 e. The Morgan fingerprint density at radius 1 is 0.800 bits per heavy atom. The Morgan fingerprint density at radius 2 is 1.40 bits per heavy atom. The second kappa shape index (κ2) is 4.84. The van der Waals surface area contributed by atoms with Crippen LogP contribution in [0.25, 0.3) is 0 Å². The van der Waals surface area contributed by atoms with Crippen molar-refractivity contribution in [2.24, 2.45) is 23.7 Å². The monoisotopic (exact) mass is 212 g/mol. The Hall–Kier alpha value is -0.0700. The van der Waals surface area contributed by atoms with Crippen LogP contribution in [0.1, 0.15) is 58.8 Å². The minimum absolute atomic E-state index is 0.411. The maximum Gasteiger partial charge on any atom is 0.103 e. The van der Waals surface area contributed by atoms with E-state index in [1.54, 1.807) is 0 Å². The lowest BCUT2D eigenvalue weighted by Crippen LogP contribution is -2.33. The normalized spacial score (nSPS) is 47.8. The van der Waals surface area contributed by atoms with E-state index in [0.717, 1.165) is 18.8 Å². The van der Waals surface area contributed by atoms with Crippen molar-refractivity contribution < 1.29 is 4.39 Å². The number of rotatable bonds is 1. The number of alkyl halides is 1. The Morgan fingerprint density at radius 3 is 2.00 bits per heavy atom. The molecule has 2 rings (SSSR count). The lowest BCUT2D eigenvalue weighted by molar-refractivity contribution is 0.0644. The van der Waals surface area contributed by atoms with E-state index in [-0.39, 0.29) is 0 Å². The zero-order valence-corrected chi connectivity index (χ0v) is 10.2. The summed E-state index contributed by atoms with van der Waals surface area (Å²) in [5, 5.41) is 0. The van der Waals surface area contributed by atoms with Crippen LogP contribution in [0.2, 0.25) is 0 Å². The maximum atomic E-state index is 14.0. The predicted octanol–water partition coefficient (Wildman–Crippen LogP) is 4.59. The first-order valence-electron chi connectivity index (χ1n) is 6.81. The van der Waals surface area contributed by atoms with Crippen LogP contribution >= 0.6 is 0 Å². The highest BCUT2D eigenvalue weighted by Crippen LogP contribution is 2.42. The van der Waals surface area contributed by atoms with Crippen molar-refractivity contribution in [3.63, 3.8) is 0 Å². The van der Waals surface area contributed by atoms with Crippen molar-refractivity contribution in [2.45, 2.75) is 65.0 Å². The van der Waals surface area contributed by atoms with Gasteiger partial charge in [-0.05, 0) is 49.4 Å². The van der Waals surface area contributed by atoms with Gasteiger partial charge < -0.3 is 0 Å². The third-order valence-electron chi connectivity index (χ3n) is 4.75. The fourth-order valence-corrected chi connectivity index (χ4v) is 3.58. The summed E-state index contributed by atoms with van der Waals surface area (Å²) in [6.45, 7) is 4.54. The first kappa shape index (κ1) is 11.4. The summed E-state index contributed by atoms with van der Waals surface area (Å²) in [6.07, 6.45) is 8.01. The third kappa shape index (κ3) is 2.73. The van der Waals surface area contributed by atoms with Gasteiger partial charge in [0.15, 0.2) is 0 Å². The van der Waals surface area contributed by atoms with E-state index in [1.165, 1.54) is 32.1 Å². The van der Waals surface area contributed by atoms with Crippen LogP contribution in [0.4, 0.5) is 4.39 Å². The Bertz CT molecular complexity index is 194. The van der Waals surface area contributed by atoms with Gasteiger partial charge in [-0.25, -0.2) is 4.39 Å². The molecule has 88 valence electrons. The standard InChI is InChI=1S/C14H25F/c1-10-3-6-12(7-4-10)13-8-5-11(2)9-14(13)15/h10-14H,3-9H2,1-2H3/t10?,11?,12?,13?,14-/m0/s1. The minimum Gasteiger partial charge on any atom is -0.247 e. The van der Waals surface area contributed by atoms with Gasteiger partial charge in [0.05, 0.1) is 0 Å². The first-order chi connectivity index (χ1) is 7.16. The molecule has 1 heteroatoms. The summed E-state index contributed by atoms with van der Waals surface area (Å²) in [6, 6.07) is 0. The molecule has 0 radical (unpaired) electrons. The molecule has 0 heterocycles. The molecule has 0 spiro atoms. The highest BCUT2D eigenvalue weighted by Gasteiger charge is 2.35. The lowest BCUT2D eigenvalue weighted by Gasteiger charge is -2.38. The van der Waals surface area contributed by atoms with Crippen LogP contribution in [-0.4, -0.2) is 6.17 Å². The van der Waals surface area contributed by atoms with E-state index < -0.39 is 6.17 Å². The SMILES string of the molecule is CC1CCC(C2CCC(C)C[C@@H]2F)CC1. The molecule has 2 aliphatic carbocycles. The van der Waals surface area contributed by atoms with Gasteiger partial charge in [-0.3, -0.25) is 0 Å². The summed E-state index contributed by atoms with van der Waals surface area (Å²) in [4.78, 5) is 0. The van der Waals surface area contributed by atoms with Gasteiger partial charge in [0.1, 0.15) is 6.17 Å². The van der Waals surface area contributed by atoms with Gasteiger partial charge in [-0.15, -0.1) is 0 Å². The Labute approximate surface area is 93.6 Å². The number of halogens is 1. The van der Waals surface area contributed by atoms with E-state index in [9.17, 15) is 4.39 Å². The molecule has 2 aliphatic rings. The predicted molar refractivity (Wildman–Crippen MR) is 62.5 cm³/mol. The molecule has 2 unspecified atom stereocenters. The molecular weight excluding hydrogens is 187 g/mol. The van der Waals surface area contributed by atoms with Crippen molar-refractivity contribution >= 4 is 0 Å². The number of hydrogen-bond donors (Lipinski definition) is 0. The largest absolute Gasteiger partial charge is 0.247 e. The second-order valence-corrected chi connectivity index (χ2v) is 6.12. The molecule has 0 aromatic carbocycles. The van der Waals surface area contributed by atoms with E-state index in [0.29, 0.717) is 17.8 Å². The average Bonchev–Trinajstić information content (AvgIpc) is 2.20. The van der Waals surface area contributed by atoms with E-state index in [4.69, 9.17) is 0 Å². The molecule has 0 aliphatic heterocycles. The molecule has 3 atom stereocenters. The van der Waals surface area contributed by atoms with Crippen molar-refractivity contribution in [2.75, 3.05) is 0 Å². The molecule has 0 nitrogen and oxygen atoms in total. The zero-order valence-electron chi connectivity index (χ0n) is 10.2. The second-order valence-electron chi connectivity index (χ2n) is 6.12. The van der Waals surface area contributed by atoms with Crippen LogP contribution < -0.4 is 0 Å². The van der Waals surface area contributed by atoms with E-state index in [2.05, 4.69) is 13.8 Å². The average molecular weight is 212 g/mol.